The third kappa shape index (κ3) is 7.70. The first kappa shape index (κ1) is 38.5. The lowest BCUT2D eigenvalue weighted by atomic mass is 9.85. The molecule has 3 N–H and O–H groups in total. The fraction of sp³-hybridized carbons (Fsp3) is 0.500. The highest BCUT2D eigenvalue weighted by atomic mass is 19.3. The Hall–Kier alpha value is -5.98. The molecule has 1 saturated carbocycles. The first-order valence-electron chi connectivity index (χ1n) is 20.3. The molecule has 59 heavy (non-hydrogen) atoms. The standard InChI is InChI=1S/C40H45F2N11O6/c41-35(42)34-30(45-38(56)29-20-43-52-14-11-32(46-36(29)52)50-15-17-59-18-16-50)22-53(48-34)26-3-1-23(2-4-26)37(55)44-25-9-12-49(13-10-25)27-5-6-28-24(19-27)21-51(40(28)58)31-7-8-33(54)47-39(31)57/h5-6,11,14,19-20,22-23,25-26,31,35H,1-4,7-10,12-13,15-18,21H2,(H,44,55)(H,45,56)(H,47,54,57). The van der Waals surface area contributed by atoms with Crippen molar-refractivity contribution >= 4 is 52.4 Å². The molecule has 3 aromatic heterocycles. The molecule has 4 fully saturated rings. The topological polar surface area (TPSA) is 188 Å². The molecule has 0 bridgehead atoms. The van der Waals surface area contributed by atoms with E-state index in [2.05, 4.69) is 36.0 Å². The van der Waals surface area contributed by atoms with Gasteiger partial charge in [0.1, 0.15) is 17.4 Å². The number of carbonyl (C=O) groups excluding carboxylic acids is 5. The van der Waals surface area contributed by atoms with Crippen LogP contribution in [0.4, 0.5) is 26.0 Å². The fourth-order valence-corrected chi connectivity index (χ4v) is 8.99. The summed E-state index contributed by atoms with van der Waals surface area (Å²) in [4.78, 5) is 74.5. The number of alkyl halides is 2. The number of ether oxygens (including phenoxy) is 1. The zero-order valence-corrected chi connectivity index (χ0v) is 32.3. The number of benzene rings is 1. The molecule has 19 heteroatoms. The van der Waals surface area contributed by atoms with Gasteiger partial charge in [-0.15, -0.1) is 0 Å². The average Bonchev–Trinajstić information content (AvgIpc) is 3.96. The lowest BCUT2D eigenvalue weighted by Gasteiger charge is -2.35. The maximum Gasteiger partial charge on any atom is 0.284 e. The summed E-state index contributed by atoms with van der Waals surface area (Å²) in [5.41, 5.74) is 2.24. The first-order valence-corrected chi connectivity index (χ1v) is 20.3. The Morgan fingerprint density at radius 1 is 0.932 bits per heavy atom. The van der Waals surface area contributed by atoms with Crippen molar-refractivity contribution in [3.8, 4) is 0 Å². The third-order valence-corrected chi connectivity index (χ3v) is 12.3. The highest BCUT2D eigenvalue weighted by Crippen LogP contribution is 2.36. The second-order valence-corrected chi connectivity index (χ2v) is 15.9. The summed E-state index contributed by atoms with van der Waals surface area (Å²) >= 11 is 0. The van der Waals surface area contributed by atoms with Crippen molar-refractivity contribution in [2.45, 2.75) is 82.5 Å². The monoisotopic (exact) mass is 813 g/mol. The Balaban J connectivity index is 0.767. The largest absolute Gasteiger partial charge is 0.378 e. The Bertz CT molecular complexity index is 2290. The van der Waals surface area contributed by atoms with Crippen LogP contribution in [0.15, 0.2) is 42.9 Å². The van der Waals surface area contributed by atoms with Crippen molar-refractivity contribution in [2.24, 2.45) is 5.92 Å². The highest BCUT2D eigenvalue weighted by molar-refractivity contribution is 6.08. The van der Waals surface area contributed by atoms with Gasteiger partial charge in [-0.3, -0.25) is 34.0 Å². The number of hydrogen-bond donors (Lipinski definition) is 3. The van der Waals surface area contributed by atoms with Gasteiger partial charge in [0.05, 0.1) is 31.1 Å². The van der Waals surface area contributed by atoms with Gasteiger partial charge in [0.2, 0.25) is 17.7 Å². The first-order chi connectivity index (χ1) is 28.6. The summed E-state index contributed by atoms with van der Waals surface area (Å²) < 4.78 is 36.8. The molecule has 1 aromatic carbocycles. The van der Waals surface area contributed by atoms with Crippen LogP contribution in [0.2, 0.25) is 0 Å². The van der Waals surface area contributed by atoms with Gasteiger partial charge in [-0.1, -0.05) is 0 Å². The smallest absolute Gasteiger partial charge is 0.284 e. The number of amides is 5. The maximum absolute atomic E-state index is 14.2. The summed E-state index contributed by atoms with van der Waals surface area (Å²) in [7, 11) is 0. The summed E-state index contributed by atoms with van der Waals surface area (Å²) in [6.45, 7) is 4.20. The van der Waals surface area contributed by atoms with E-state index in [1.54, 1.807) is 23.2 Å². The van der Waals surface area contributed by atoms with Crippen molar-refractivity contribution in [1.82, 2.24) is 39.9 Å². The second kappa shape index (κ2) is 16.0. The van der Waals surface area contributed by atoms with Gasteiger partial charge in [0, 0.05) is 74.7 Å². The SMILES string of the molecule is O=C1CCC(N2Cc3cc(N4CCC(NC(=O)C5CCC(n6cc(NC(=O)c7cnn8ccc(N9CCOCC9)nc78)c(C(F)F)n6)CC5)CC4)ccc3C2=O)C(=O)N1. The van der Waals surface area contributed by atoms with Gasteiger partial charge in [0.15, 0.2) is 11.3 Å². The number of carbonyl (C=O) groups is 5. The average molecular weight is 814 g/mol. The lowest BCUT2D eigenvalue weighted by Crippen LogP contribution is -2.52. The Kier molecular flexibility index (Phi) is 10.4. The molecule has 0 spiro atoms. The molecule has 9 rings (SSSR count). The molecule has 0 radical (unpaired) electrons. The van der Waals surface area contributed by atoms with E-state index in [0.717, 1.165) is 37.2 Å². The van der Waals surface area contributed by atoms with Crippen molar-refractivity contribution in [3.63, 3.8) is 0 Å². The summed E-state index contributed by atoms with van der Waals surface area (Å²) in [6.07, 6.45) is 5.89. The zero-order valence-electron chi connectivity index (χ0n) is 32.3. The maximum atomic E-state index is 14.2. The van der Waals surface area contributed by atoms with E-state index >= 15 is 0 Å². The minimum atomic E-state index is -2.92. The number of rotatable bonds is 9. The van der Waals surface area contributed by atoms with Gasteiger partial charge in [-0.2, -0.15) is 10.2 Å². The number of aromatic nitrogens is 5. The van der Waals surface area contributed by atoms with E-state index in [-0.39, 0.29) is 53.4 Å². The van der Waals surface area contributed by atoms with Crippen LogP contribution < -0.4 is 25.8 Å². The molecule has 1 aliphatic carbocycles. The van der Waals surface area contributed by atoms with Crippen LogP contribution >= 0.6 is 0 Å². The molecule has 3 saturated heterocycles. The second-order valence-electron chi connectivity index (χ2n) is 15.9. The Morgan fingerprint density at radius 3 is 2.46 bits per heavy atom. The number of morpholine rings is 1. The molecule has 7 heterocycles. The van der Waals surface area contributed by atoms with Crippen molar-refractivity contribution < 1.29 is 37.5 Å². The van der Waals surface area contributed by atoms with E-state index < -0.39 is 30.0 Å². The van der Waals surface area contributed by atoms with Gasteiger partial charge in [0.25, 0.3) is 18.2 Å². The van der Waals surface area contributed by atoms with Gasteiger partial charge < -0.3 is 30.1 Å². The molecule has 17 nitrogen and oxygen atoms in total. The summed E-state index contributed by atoms with van der Waals surface area (Å²) in [6, 6.07) is 6.67. The molecule has 5 aliphatic rings. The minimum Gasteiger partial charge on any atom is -0.378 e. The van der Waals surface area contributed by atoms with Crippen molar-refractivity contribution in [3.05, 3.63) is 65.2 Å². The van der Waals surface area contributed by atoms with Gasteiger partial charge in [-0.05, 0) is 74.8 Å². The summed E-state index contributed by atoms with van der Waals surface area (Å²) in [5.74, 6) is -1.13. The quantitative estimate of drug-likeness (QED) is 0.211. The van der Waals surface area contributed by atoms with Crippen LogP contribution in [0.5, 0.6) is 0 Å². The fourth-order valence-electron chi connectivity index (χ4n) is 8.99. The lowest BCUT2D eigenvalue weighted by molar-refractivity contribution is -0.137. The van der Waals surface area contributed by atoms with Crippen molar-refractivity contribution in [2.75, 3.05) is 54.5 Å². The number of imide groups is 1. The van der Waals surface area contributed by atoms with Gasteiger partial charge >= 0.3 is 0 Å². The predicted molar refractivity (Wildman–Crippen MR) is 208 cm³/mol. The molecule has 5 amide bonds. The Labute approximate surface area is 337 Å². The molecule has 1 unspecified atom stereocenters. The van der Waals surface area contributed by atoms with Crippen LogP contribution in [-0.4, -0.2) is 110 Å². The number of piperidine rings is 2. The van der Waals surface area contributed by atoms with Gasteiger partial charge in [-0.25, -0.2) is 18.3 Å². The number of nitrogens with one attached hydrogen (secondary N) is 3. The molecule has 4 aromatic rings. The summed E-state index contributed by atoms with van der Waals surface area (Å²) in [5, 5.41) is 16.6. The van der Waals surface area contributed by atoms with Crippen LogP contribution in [0.3, 0.4) is 0 Å². The van der Waals surface area contributed by atoms with Crippen molar-refractivity contribution in [1.29, 1.82) is 0 Å². The number of hydrogen-bond acceptors (Lipinski definition) is 11. The van der Waals surface area contributed by atoms with E-state index in [9.17, 15) is 32.8 Å². The molecular formula is C40H45F2N11O6. The van der Waals surface area contributed by atoms with E-state index in [0.29, 0.717) is 82.0 Å². The van der Waals surface area contributed by atoms with Crippen LogP contribution in [0.25, 0.3) is 5.65 Å². The van der Waals surface area contributed by atoms with Crippen LogP contribution in [0.1, 0.15) is 95.8 Å². The third-order valence-electron chi connectivity index (χ3n) is 12.3. The van der Waals surface area contributed by atoms with Crippen LogP contribution in [-0.2, 0) is 25.7 Å². The number of fused-ring (bicyclic) bond motifs is 2. The molecular weight excluding hydrogens is 769 g/mol. The normalized spacial score (nSPS) is 22.9. The van der Waals surface area contributed by atoms with E-state index in [1.165, 1.54) is 21.6 Å². The Morgan fingerprint density at radius 2 is 1.71 bits per heavy atom. The number of nitrogens with zero attached hydrogens (tertiary/aromatic N) is 8. The van der Waals surface area contributed by atoms with Crippen LogP contribution in [0, 0.1) is 5.92 Å². The molecule has 310 valence electrons. The number of anilines is 3. The minimum absolute atomic E-state index is 0.00744. The number of halogens is 2. The van der Waals surface area contributed by atoms with E-state index in [4.69, 9.17) is 4.74 Å². The molecule has 4 aliphatic heterocycles. The van der Waals surface area contributed by atoms with E-state index in [1.807, 2.05) is 17.0 Å². The zero-order chi connectivity index (χ0) is 40.8. The highest BCUT2D eigenvalue weighted by Gasteiger charge is 2.39. The predicted octanol–water partition coefficient (Wildman–Crippen LogP) is 3.23. The molecule has 1 atom stereocenters.